The van der Waals surface area contributed by atoms with Gasteiger partial charge >= 0.3 is 6.03 Å². The van der Waals surface area contributed by atoms with Gasteiger partial charge in [-0.05, 0) is 39.7 Å². The first-order valence-corrected chi connectivity index (χ1v) is 7.11. The van der Waals surface area contributed by atoms with Crippen molar-refractivity contribution >= 4 is 39.9 Å². The van der Waals surface area contributed by atoms with Crippen molar-refractivity contribution in [2.75, 3.05) is 13.7 Å². The summed E-state index contributed by atoms with van der Waals surface area (Å²) in [6.07, 6.45) is 3.04. The first-order valence-electron chi connectivity index (χ1n) is 6.32. The van der Waals surface area contributed by atoms with Gasteiger partial charge in [-0.3, -0.25) is 19.8 Å². The molecule has 0 saturated carbocycles. The molecule has 0 spiro atoms. The van der Waals surface area contributed by atoms with Crippen LogP contribution in [0, 0.1) is 0 Å². The third kappa shape index (κ3) is 3.25. The SMILES string of the molecule is C=CCOc1ccc(C=C2C(=O)NC(=O)N(C)C2=O)cc1Br. The molecule has 6 nitrogen and oxygen atoms in total. The van der Waals surface area contributed by atoms with Crippen molar-refractivity contribution in [1.82, 2.24) is 10.2 Å². The molecule has 0 atom stereocenters. The van der Waals surface area contributed by atoms with Crippen molar-refractivity contribution in [2.45, 2.75) is 0 Å². The van der Waals surface area contributed by atoms with Crippen LogP contribution in [0.2, 0.25) is 0 Å². The quantitative estimate of drug-likeness (QED) is 0.504. The third-order valence-electron chi connectivity index (χ3n) is 2.93. The van der Waals surface area contributed by atoms with Crippen molar-refractivity contribution in [2.24, 2.45) is 0 Å². The molecule has 1 aromatic rings. The second-order valence-corrected chi connectivity index (χ2v) is 5.33. The predicted octanol–water partition coefficient (Wildman–Crippen LogP) is 2.11. The summed E-state index contributed by atoms with van der Waals surface area (Å²) < 4.78 is 6.10. The molecule has 1 fully saturated rings. The third-order valence-corrected chi connectivity index (χ3v) is 3.55. The van der Waals surface area contributed by atoms with Crippen LogP contribution in [-0.4, -0.2) is 36.4 Å². The predicted molar refractivity (Wildman–Crippen MR) is 84.1 cm³/mol. The molecular formula is C15H13BrN2O4. The summed E-state index contributed by atoms with van der Waals surface area (Å²) in [7, 11) is 1.31. The minimum atomic E-state index is -0.735. The van der Waals surface area contributed by atoms with Gasteiger partial charge in [0.05, 0.1) is 4.47 Å². The van der Waals surface area contributed by atoms with Crippen LogP contribution in [0.3, 0.4) is 0 Å². The molecule has 1 aliphatic rings. The van der Waals surface area contributed by atoms with Crippen molar-refractivity contribution in [3.63, 3.8) is 0 Å². The molecule has 1 aliphatic heterocycles. The maximum atomic E-state index is 12.0. The normalized spacial score (nSPS) is 16.7. The Bertz CT molecular complexity index is 697. The zero-order valence-corrected chi connectivity index (χ0v) is 13.3. The molecule has 1 heterocycles. The van der Waals surface area contributed by atoms with Crippen LogP contribution >= 0.6 is 15.9 Å². The fraction of sp³-hybridized carbons (Fsp3) is 0.133. The van der Waals surface area contributed by atoms with Gasteiger partial charge in [0.2, 0.25) is 0 Å². The smallest absolute Gasteiger partial charge is 0.331 e. The van der Waals surface area contributed by atoms with E-state index in [2.05, 4.69) is 27.8 Å². The van der Waals surface area contributed by atoms with Gasteiger partial charge in [-0.15, -0.1) is 0 Å². The van der Waals surface area contributed by atoms with E-state index in [0.717, 1.165) is 4.90 Å². The molecule has 2 rings (SSSR count). The Kier molecular flexibility index (Phi) is 4.77. The van der Waals surface area contributed by atoms with Crippen LogP contribution in [0.25, 0.3) is 6.08 Å². The summed E-state index contributed by atoms with van der Waals surface area (Å²) in [4.78, 5) is 35.9. The molecule has 1 saturated heterocycles. The average Bonchev–Trinajstić information content (AvgIpc) is 2.48. The first-order chi connectivity index (χ1) is 10.4. The molecule has 0 aliphatic carbocycles. The number of likely N-dealkylation sites (N-methyl/N-ethyl adjacent to an activating group) is 1. The summed E-state index contributed by atoms with van der Waals surface area (Å²) >= 11 is 3.36. The monoisotopic (exact) mass is 364 g/mol. The lowest BCUT2D eigenvalue weighted by atomic mass is 10.1. The average molecular weight is 365 g/mol. The first kappa shape index (κ1) is 16.0. The van der Waals surface area contributed by atoms with Gasteiger partial charge in [-0.25, -0.2) is 4.79 Å². The van der Waals surface area contributed by atoms with Gasteiger partial charge in [0.25, 0.3) is 11.8 Å². The highest BCUT2D eigenvalue weighted by Gasteiger charge is 2.32. The van der Waals surface area contributed by atoms with Crippen LogP contribution in [0.4, 0.5) is 4.79 Å². The van der Waals surface area contributed by atoms with E-state index in [-0.39, 0.29) is 5.57 Å². The van der Waals surface area contributed by atoms with Gasteiger partial charge in [0, 0.05) is 7.05 Å². The zero-order chi connectivity index (χ0) is 16.3. The Morgan fingerprint density at radius 1 is 1.36 bits per heavy atom. The molecule has 114 valence electrons. The van der Waals surface area contributed by atoms with E-state index in [1.807, 2.05) is 0 Å². The Labute approximate surface area is 135 Å². The van der Waals surface area contributed by atoms with E-state index < -0.39 is 17.8 Å². The highest BCUT2D eigenvalue weighted by molar-refractivity contribution is 9.10. The van der Waals surface area contributed by atoms with Crippen molar-refractivity contribution in [3.05, 3.63) is 46.5 Å². The summed E-state index contributed by atoms with van der Waals surface area (Å²) in [5.41, 5.74) is 0.521. The Morgan fingerprint density at radius 3 is 2.73 bits per heavy atom. The fourth-order valence-corrected chi connectivity index (χ4v) is 2.30. The van der Waals surface area contributed by atoms with E-state index in [9.17, 15) is 14.4 Å². The maximum absolute atomic E-state index is 12.0. The summed E-state index contributed by atoms with van der Waals surface area (Å²) in [5, 5.41) is 2.10. The van der Waals surface area contributed by atoms with Crippen LogP contribution < -0.4 is 10.1 Å². The zero-order valence-electron chi connectivity index (χ0n) is 11.8. The van der Waals surface area contributed by atoms with Gasteiger partial charge in [-0.2, -0.15) is 0 Å². The molecule has 7 heteroatoms. The Hall–Kier alpha value is -2.41. The number of carbonyl (C=O) groups is 3. The topological polar surface area (TPSA) is 75.7 Å². The molecule has 4 amide bonds. The van der Waals surface area contributed by atoms with Crippen LogP contribution in [0.15, 0.2) is 40.9 Å². The number of ether oxygens (including phenoxy) is 1. The number of nitrogens with zero attached hydrogens (tertiary/aromatic N) is 1. The number of urea groups is 1. The summed E-state index contributed by atoms with van der Waals surface area (Å²) in [5.74, 6) is -0.734. The van der Waals surface area contributed by atoms with Crippen LogP contribution in [0.5, 0.6) is 5.75 Å². The fourth-order valence-electron chi connectivity index (χ4n) is 1.78. The lowest BCUT2D eigenvalue weighted by Gasteiger charge is -2.22. The molecule has 0 unspecified atom stereocenters. The number of hydrogen-bond acceptors (Lipinski definition) is 4. The Morgan fingerprint density at radius 2 is 2.09 bits per heavy atom. The number of carbonyl (C=O) groups excluding carboxylic acids is 3. The number of imide groups is 2. The minimum absolute atomic E-state index is 0.103. The van der Waals surface area contributed by atoms with Gasteiger partial charge in [-0.1, -0.05) is 18.7 Å². The number of nitrogens with one attached hydrogen (secondary N) is 1. The lowest BCUT2D eigenvalue weighted by molar-refractivity contribution is -0.129. The molecule has 1 aromatic carbocycles. The molecule has 22 heavy (non-hydrogen) atoms. The number of rotatable bonds is 4. The largest absolute Gasteiger partial charge is 0.488 e. The summed E-state index contributed by atoms with van der Waals surface area (Å²) in [6, 6.07) is 4.39. The highest BCUT2D eigenvalue weighted by atomic mass is 79.9. The minimum Gasteiger partial charge on any atom is -0.488 e. The van der Waals surface area contributed by atoms with Gasteiger partial charge in [0.15, 0.2) is 0 Å². The van der Waals surface area contributed by atoms with E-state index in [4.69, 9.17) is 4.74 Å². The number of amides is 4. The number of barbiturate groups is 1. The molecular weight excluding hydrogens is 352 g/mol. The van der Waals surface area contributed by atoms with Crippen LogP contribution in [-0.2, 0) is 9.59 Å². The van der Waals surface area contributed by atoms with Crippen molar-refractivity contribution in [3.8, 4) is 5.75 Å². The van der Waals surface area contributed by atoms with E-state index in [0.29, 0.717) is 22.4 Å². The second kappa shape index (κ2) is 6.57. The van der Waals surface area contributed by atoms with Gasteiger partial charge < -0.3 is 4.74 Å². The molecule has 1 N–H and O–H groups in total. The van der Waals surface area contributed by atoms with E-state index in [1.54, 1.807) is 24.3 Å². The second-order valence-electron chi connectivity index (χ2n) is 4.47. The van der Waals surface area contributed by atoms with Crippen molar-refractivity contribution in [1.29, 1.82) is 0 Å². The van der Waals surface area contributed by atoms with Crippen LogP contribution in [0.1, 0.15) is 5.56 Å². The number of benzene rings is 1. The molecule has 0 radical (unpaired) electrons. The highest BCUT2D eigenvalue weighted by Crippen LogP contribution is 2.27. The molecule has 0 bridgehead atoms. The Balaban J connectivity index is 2.30. The summed E-state index contributed by atoms with van der Waals surface area (Å²) in [6.45, 7) is 3.93. The van der Waals surface area contributed by atoms with E-state index in [1.165, 1.54) is 13.1 Å². The standard InChI is InChI=1S/C15H13BrN2O4/c1-3-6-22-12-5-4-9(8-11(12)16)7-10-13(19)17-15(21)18(2)14(10)20/h3-5,7-8H,1,6H2,2H3,(H,17,19,21). The lowest BCUT2D eigenvalue weighted by Crippen LogP contribution is -2.52. The number of hydrogen-bond donors (Lipinski definition) is 1. The van der Waals surface area contributed by atoms with Gasteiger partial charge in [0.1, 0.15) is 17.9 Å². The maximum Gasteiger partial charge on any atom is 0.331 e. The molecule has 0 aromatic heterocycles. The number of halogens is 1. The van der Waals surface area contributed by atoms with E-state index >= 15 is 0 Å². The van der Waals surface area contributed by atoms with Crippen molar-refractivity contribution < 1.29 is 19.1 Å².